The minimum atomic E-state index is -1.01. The molecule has 0 saturated heterocycles. The second kappa shape index (κ2) is 38.1. The van der Waals surface area contributed by atoms with Crippen molar-refractivity contribution in [2.45, 2.75) is 126 Å². The number of carboxylic acids is 2. The largest absolute Gasteiger partial charge is 2.00 e. The van der Waals surface area contributed by atoms with Crippen LogP contribution in [0.25, 0.3) is 0 Å². The van der Waals surface area contributed by atoms with Gasteiger partial charge in [-0.05, 0) is 88.6 Å². The summed E-state index contributed by atoms with van der Waals surface area (Å²) < 4.78 is 0. The van der Waals surface area contributed by atoms with Crippen molar-refractivity contribution in [1.82, 2.24) is 10.6 Å². The van der Waals surface area contributed by atoms with Crippen LogP contribution in [0, 0.1) is 0 Å². The van der Waals surface area contributed by atoms with E-state index in [-0.39, 0.29) is 73.7 Å². The number of thiol groups is 4. The zero-order valence-electron chi connectivity index (χ0n) is 24.7. The molecule has 42 heavy (non-hydrogen) atoms. The molecule has 0 aliphatic rings. The molecule has 2 N–H and O–H groups in total. The van der Waals surface area contributed by atoms with Gasteiger partial charge in [0.2, 0.25) is 11.8 Å². The fourth-order valence-electron chi connectivity index (χ4n) is 3.69. The topological polar surface area (TPSA) is 138 Å². The zero-order valence-corrected chi connectivity index (χ0v) is 31.2. The molecule has 0 spiro atoms. The summed E-state index contributed by atoms with van der Waals surface area (Å²) in [5.41, 5.74) is 0. The van der Waals surface area contributed by atoms with Gasteiger partial charge in [0.05, 0.1) is 0 Å². The van der Waals surface area contributed by atoms with Crippen LogP contribution in [0.2, 0.25) is 0 Å². The van der Waals surface area contributed by atoms with Gasteiger partial charge >= 0.3 is 49.0 Å². The molecule has 0 bridgehead atoms. The van der Waals surface area contributed by atoms with Crippen LogP contribution < -0.4 is 20.8 Å². The van der Waals surface area contributed by atoms with E-state index < -0.39 is 11.9 Å². The number of nitrogens with one attached hydrogen (secondary N) is 2. The summed E-state index contributed by atoms with van der Waals surface area (Å²) in [6.45, 7) is 1.25. The van der Waals surface area contributed by atoms with Gasteiger partial charge in [-0.15, -0.1) is 0 Å². The van der Waals surface area contributed by atoms with E-state index in [0.29, 0.717) is 49.3 Å². The molecule has 0 heterocycles. The summed E-state index contributed by atoms with van der Waals surface area (Å²) in [7, 11) is 0. The average molecular weight is 730 g/mol. The number of hydrogen-bond acceptors (Lipinski definition) is 10. The number of carbonyl (C=O) groups is 4. The fourth-order valence-corrected chi connectivity index (χ4v) is 5.35. The van der Waals surface area contributed by atoms with E-state index >= 15 is 0 Å². The third-order valence-electron chi connectivity index (χ3n) is 6.07. The van der Waals surface area contributed by atoms with Crippen molar-refractivity contribution in [2.75, 3.05) is 24.6 Å². The molecule has 238 valence electrons. The third kappa shape index (κ3) is 43.0. The minimum absolute atomic E-state index is 0. The normalized spacial score (nSPS) is 11.5. The second-order valence-electron chi connectivity index (χ2n) is 9.89. The predicted octanol–water partition coefficient (Wildman–Crippen LogP) is 2.53. The Morgan fingerprint density at radius 2 is 0.857 bits per heavy atom. The molecular formula is C28H53N2NaO6S4Zn. The Hall–Kier alpha value is 0.903. The molecule has 2 unspecified atom stereocenters. The van der Waals surface area contributed by atoms with Gasteiger partial charge in [0.1, 0.15) is 0 Å². The van der Waals surface area contributed by atoms with Crippen molar-refractivity contribution in [3.63, 3.8) is 0 Å². The van der Waals surface area contributed by atoms with Crippen LogP contribution in [0.1, 0.15) is 116 Å². The van der Waals surface area contributed by atoms with E-state index in [9.17, 15) is 29.4 Å². The molecule has 0 saturated carbocycles. The number of rotatable bonds is 26. The molecule has 2 atom stereocenters. The summed E-state index contributed by atoms with van der Waals surface area (Å²) in [6.07, 6.45) is 13.7. The molecule has 14 heteroatoms. The maximum atomic E-state index is 11.5. The van der Waals surface area contributed by atoms with Gasteiger partial charge in [0, 0.05) is 48.4 Å². The smallest absolute Gasteiger partial charge is 2.00 e. The molecule has 0 aromatic carbocycles. The van der Waals surface area contributed by atoms with Gasteiger partial charge in [0.25, 0.3) is 0 Å². The van der Waals surface area contributed by atoms with Gasteiger partial charge in [-0.2, -0.15) is 50.5 Å². The first kappa shape index (κ1) is 49.8. The minimum Gasteiger partial charge on any atom is 2.00 e. The van der Waals surface area contributed by atoms with Crippen molar-refractivity contribution >= 4 is 104 Å². The first-order chi connectivity index (χ1) is 19.1. The molecule has 0 fully saturated rings. The quantitative estimate of drug-likeness (QED) is 0.0460. The maximum Gasteiger partial charge on any atom is 2.00 e. The van der Waals surface area contributed by atoms with Crippen LogP contribution in [0.3, 0.4) is 0 Å². The molecule has 0 aliphatic heterocycles. The summed E-state index contributed by atoms with van der Waals surface area (Å²) in [5, 5.41) is 26.8. The van der Waals surface area contributed by atoms with Crippen molar-refractivity contribution in [3.8, 4) is 0 Å². The number of unbranched alkanes of at least 4 members (excludes halogenated alkanes) is 6. The van der Waals surface area contributed by atoms with E-state index in [2.05, 4.69) is 61.1 Å². The molecular weight excluding hydrogens is 677 g/mol. The van der Waals surface area contributed by atoms with Crippen LogP contribution in [-0.2, 0) is 38.7 Å². The van der Waals surface area contributed by atoms with Crippen LogP contribution in [-0.4, -0.2) is 88.4 Å². The number of amides is 2. The Morgan fingerprint density at radius 1 is 0.524 bits per heavy atom. The van der Waals surface area contributed by atoms with Gasteiger partial charge in [-0.1, -0.05) is 25.7 Å². The fraction of sp³-hybridized carbons (Fsp3) is 0.857. The Balaban J connectivity index is -0.000000328. The van der Waals surface area contributed by atoms with E-state index in [1.165, 1.54) is 0 Å². The third-order valence-corrected chi connectivity index (χ3v) is 7.62. The molecule has 0 rings (SSSR count). The van der Waals surface area contributed by atoms with E-state index in [1.807, 2.05) is 0 Å². The Kier molecular flexibility index (Phi) is 45.1. The second-order valence-corrected chi connectivity index (χ2v) is 12.2. The Bertz CT molecular complexity index is 618. The van der Waals surface area contributed by atoms with Crippen LogP contribution in [0.5, 0.6) is 0 Å². The number of aliphatic carboxylic acids is 2. The monoisotopic (exact) mass is 728 g/mol. The van der Waals surface area contributed by atoms with Gasteiger partial charge in [-0.3, -0.25) is 9.59 Å². The van der Waals surface area contributed by atoms with E-state index in [0.717, 1.165) is 88.6 Å². The average Bonchev–Trinajstić information content (AvgIpc) is 2.89. The SMILES string of the molecule is O=C([O-])CCCCCNC(=O)CCCCC(S)CCS.O=C([O-])CCCCCNC(=O)CCCCC(S)CCS.[NaH].[Zn+2]. The molecule has 2 amide bonds. The van der Waals surface area contributed by atoms with Crippen LogP contribution in [0.4, 0.5) is 0 Å². The van der Waals surface area contributed by atoms with Crippen molar-refractivity contribution < 1.29 is 48.9 Å². The van der Waals surface area contributed by atoms with Gasteiger partial charge in [-0.25, -0.2) is 0 Å². The zero-order chi connectivity index (χ0) is 30.4. The summed E-state index contributed by atoms with van der Waals surface area (Å²) in [4.78, 5) is 43.4. The van der Waals surface area contributed by atoms with Crippen LogP contribution in [0.15, 0.2) is 0 Å². The standard InChI is InChI=1S/2C14H27NO3S2.Na.Zn.H/c2*16-13(7-4-3-6-12(20)9-11-19)15-10-5-1-2-8-14(17)18;;;/h2*12,19-20H,1-11H2,(H,15,16)(H,17,18);;;/q;;;+2;/p-2. The molecule has 0 aromatic rings. The molecule has 0 aliphatic carbocycles. The molecule has 8 nitrogen and oxygen atoms in total. The van der Waals surface area contributed by atoms with Gasteiger partial charge < -0.3 is 30.4 Å². The molecule has 0 radical (unpaired) electrons. The van der Waals surface area contributed by atoms with E-state index in [1.54, 1.807) is 0 Å². The summed E-state index contributed by atoms with van der Waals surface area (Å²) in [6, 6.07) is 0. The molecule has 0 aromatic heterocycles. The maximum absolute atomic E-state index is 11.5. The van der Waals surface area contributed by atoms with Crippen LogP contribution >= 0.6 is 50.5 Å². The van der Waals surface area contributed by atoms with E-state index in [4.69, 9.17) is 0 Å². The van der Waals surface area contributed by atoms with Gasteiger partial charge in [0.15, 0.2) is 0 Å². The first-order valence-electron chi connectivity index (χ1n) is 14.6. The van der Waals surface area contributed by atoms with Crippen molar-refractivity contribution in [3.05, 3.63) is 0 Å². The summed E-state index contributed by atoms with van der Waals surface area (Å²) in [5.74, 6) is -0.146. The number of carbonyl (C=O) groups excluding carboxylic acids is 4. The predicted molar refractivity (Wildman–Crippen MR) is 180 cm³/mol. The number of hydrogen-bond donors (Lipinski definition) is 6. The first-order valence-corrected chi connectivity index (χ1v) is 16.9. The number of carboxylic acid groups (broad SMARTS) is 2. The Labute approximate surface area is 311 Å². The van der Waals surface area contributed by atoms with Crippen molar-refractivity contribution in [1.29, 1.82) is 0 Å². The van der Waals surface area contributed by atoms with Crippen molar-refractivity contribution in [2.24, 2.45) is 0 Å². The Morgan fingerprint density at radius 3 is 1.17 bits per heavy atom. The summed E-state index contributed by atoms with van der Waals surface area (Å²) >= 11 is 17.2.